The number of aromatic amines is 1. The Balaban J connectivity index is 1.74. The molecule has 0 saturated carbocycles. The van der Waals surface area contributed by atoms with Gasteiger partial charge in [-0.1, -0.05) is 12.1 Å². The van der Waals surface area contributed by atoms with Crippen molar-refractivity contribution in [1.82, 2.24) is 14.9 Å². The van der Waals surface area contributed by atoms with Crippen LogP contribution in [0.5, 0.6) is 0 Å². The standard InChI is InChI=1S/C20H23N5O3/c1-3-24-17-15(14-9-4-5-10-25(14)20(24)28)18(26)23-16(22-17)19(27)21-13-8-6-7-12(2)11-13/h6-8,11,14H,3-5,9-10H2,1-2H3,(H,21,27)(H,22,23,26). The van der Waals surface area contributed by atoms with Gasteiger partial charge in [-0.25, -0.2) is 9.78 Å². The molecule has 0 aliphatic carbocycles. The van der Waals surface area contributed by atoms with E-state index in [-0.39, 0.29) is 23.5 Å². The zero-order chi connectivity index (χ0) is 19.8. The Hall–Kier alpha value is -3.16. The van der Waals surface area contributed by atoms with Gasteiger partial charge >= 0.3 is 6.03 Å². The number of rotatable bonds is 3. The summed E-state index contributed by atoms with van der Waals surface area (Å²) >= 11 is 0. The molecular formula is C20H23N5O3. The van der Waals surface area contributed by atoms with Gasteiger partial charge in [0.05, 0.1) is 11.6 Å². The molecule has 28 heavy (non-hydrogen) atoms. The molecule has 1 fully saturated rings. The van der Waals surface area contributed by atoms with Crippen molar-refractivity contribution in [2.24, 2.45) is 0 Å². The molecule has 8 nitrogen and oxygen atoms in total. The summed E-state index contributed by atoms with van der Waals surface area (Å²) < 4.78 is 0. The largest absolute Gasteiger partial charge is 0.326 e. The molecule has 3 amide bonds. The first-order chi connectivity index (χ1) is 13.5. The van der Waals surface area contributed by atoms with E-state index in [9.17, 15) is 14.4 Å². The van der Waals surface area contributed by atoms with E-state index in [1.165, 1.54) is 4.90 Å². The fraction of sp³-hybridized carbons (Fsp3) is 0.400. The normalized spacial score (nSPS) is 18.5. The number of hydrogen-bond donors (Lipinski definition) is 2. The summed E-state index contributed by atoms with van der Waals surface area (Å²) in [5.74, 6) is -0.311. The Bertz CT molecular complexity index is 1000. The van der Waals surface area contributed by atoms with Crippen LogP contribution in [0.25, 0.3) is 0 Å². The summed E-state index contributed by atoms with van der Waals surface area (Å²) in [5, 5.41) is 2.75. The highest BCUT2D eigenvalue weighted by molar-refractivity contribution is 6.02. The molecule has 2 aliphatic heterocycles. The van der Waals surface area contributed by atoms with Gasteiger partial charge in [-0.15, -0.1) is 0 Å². The SMILES string of the molecule is CCN1C(=O)N2CCCCC2c2c1nc(C(=O)Nc1cccc(C)c1)[nH]c2=O. The zero-order valence-electron chi connectivity index (χ0n) is 16.0. The van der Waals surface area contributed by atoms with Crippen LogP contribution in [0.4, 0.5) is 16.3 Å². The lowest BCUT2D eigenvalue weighted by atomic mass is 9.94. The Morgan fingerprint density at radius 2 is 2.14 bits per heavy atom. The highest BCUT2D eigenvalue weighted by atomic mass is 16.2. The fourth-order valence-electron chi connectivity index (χ4n) is 3.99. The summed E-state index contributed by atoms with van der Waals surface area (Å²) in [5.41, 5.74) is 1.74. The molecule has 1 unspecified atom stereocenters. The smallest absolute Gasteiger partial charge is 0.319 e. The number of carbonyl (C=O) groups excluding carboxylic acids is 2. The van der Waals surface area contributed by atoms with Crippen molar-refractivity contribution in [2.75, 3.05) is 23.3 Å². The number of H-pyrrole nitrogens is 1. The van der Waals surface area contributed by atoms with Gasteiger partial charge in [0.2, 0.25) is 5.82 Å². The third kappa shape index (κ3) is 3.04. The number of benzene rings is 1. The molecule has 2 aliphatic rings. The van der Waals surface area contributed by atoms with Crippen LogP contribution in [0.2, 0.25) is 0 Å². The van der Waals surface area contributed by atoms with Crippen LogP contribution in [-0.4, -0.2) is 39.9 Å². The molecule has 3 heterocycles. The number of anilines is 2. The van der Waals surface area contributed by atoms with Gasteiger partial charge in [0.25, 0.3) is 11.5 Å². The molecular weight excluding hydrogens is 358 g/mol. The van der Waals surface area contributed by atoms with E-state index in [0.717, 1.165) is 24.8 Å². The van der Waals surface area contributed by atoms with Crippen LogP contribution in [0, 0.1) is 6.92 Å². The third-order valence-electron chi connectivity index (χ3n) is 5.31. The number of piperidine rings is 1. The van der Waals surface area contributed by atoms with Crippen LogP contribution in [0.15, 0.2) is 29.1 Å². The summed E-state index contributed by atoms with van der Waals surface area (Å²) in [6, 6.07) is 6.93. The van der Waals surface area contributed by atoms with E-state index in [0.29, 0.717) is 30.2 Å². The fourth-order valence-corrected chi connectivity index (χ4v) is 3.99. The minimum atomic E-state index is -0.514. The number of carbonyl (C=O) groups is 2. The monoisotopic (exact) mass is 381 g/mol. The van der Waals surface area contributed by atoms with Crippen LogP contribution in [0.1, 0.15) is 54.0 Å². The number of aromatic nitrogens is 2. The van der Waals surface area contributed by atoms with Gasteiger partial charge in [0, 0.05) is 18.8 Å². The van der Waals surface area contributed by atoms with Crippen molar-refractivity contribution in [3.05, 3.63) is 51.6 Å². The summed E-state index contributed by atoms with van der Waals surface area (Å²) in [7, 11) is 0. The number of amides is 3. The van der Waals surface area contributed by atoms with E-state index in [4.69, 9.17) is 0 Å². The molecule has 146 valence electrons. The first-order valence-electron chi connectivity index (χ1n) is 9.60. The first kappa shape index (κ1) is 18.2. The van der Waals surface area contributed by atoms with E-state index >= 15 is 0 Å². The second-order valence-electron chi connectivity index (χ2n) is 7.21. The topological polar surface area (TPSA) is 98.4 Å². The lowest BCUT2D eigenvalue weighted by Gasteiger charge is -2.43. The molecule has 8 heteroatoms. The highest BCUT2D eigenvalue weighted by Gasteiger charge is 2.41. The molecule has 0 spiro atoms. The van der Waals surface area contributed by atoms with Crippen molar-refractivity contribution in [1.29, 1.82) is 0 Å². The average Bonchev–Trinajstić information content (AvgIpc) is 2.68. The van der Waals surface area contributed by atoms with Crippen molar-refractivity contribution < 1.29 is 9.59 Å². The van der Waals surface area contributed by atoms with Crippen molar-refractivity contribution >= 4 is 23.4 Å². The molecule has 0 radical (unpaired) electrons. The predicted molar refractivity (Wildman–Crippen MR) is 106 cm³/mol. The quantitative estimate of drug-likeness (QED) is 0.854. The average molecular weight is 381 g/mol. The van der Waals surface area contributed by atoms with Crippen LogP contribution in [0.3, 0.4) is 0 Å². The van der Waals surface area contributed by atoms with Gasteiger partial charge in [-0.05, 0) is 50.8 Å². The summed E-state index contributed by atoms with van der Waals surface area (Å²) in [4.78, 5) is 48.7. The van der Waals surface area contributed by atoms with Gasteiger partial charge < -0.3 is 15.2 Å². The van der Waals surface area contributed by atoms with Crippen molar-refractivity contribution in [3.63, 3.8) is 0 Å². The van der Waals surface area contributed by atoms with Crippen LogP contribution >= 0.6 is 0 Å². The maximum Gasteiger partial charge on any atom is 0.326 e. The maximum absolute atomic E-state index is 12.9. The molecule has 4 rings (SSSR count). The highest BCUT2D eigenvalue weighted by Crippen LogP contribution is 2.38. The maximum atomic E-state index is 12.9. The van der Waals surface area contributed by atoms with Gasteiger partial charge in [-0.3, -0.25) is 14.5 Å². The number of nitrogens with zero attached hydrogens (tertiary/aromatic N) is 3. The molecule has 1 aromatic carbocycles. The Morgan fingerprint density at radius 1 is 1.32 bits per heavy atom. The third-order valence-corrected chi connectivity index (χ3v) is 5.31. The molecule has 0 bridgehead atoms. The lowest BCUT2D eigenvalue weighted by Crippen LogP contribution is -2.53. The second kappa shape index (κ2) is 7.10. The minimum absolute atomic E-state index is 0.0965. The number of urea groups is 1. The van der Waals surface area contributed by atoms with E-state index in [1.807, 2.05) is 32.0 Å². The zero-order valence-corrected chi connectivity index (χ0v) is 16.0. The minimum Gasteiger partial charge on any atom is -0.319 e. The number of fused-ring (bicyclic) bond motifs is 3. The molecule has 2 aromatic rings. The van der Waals surface area contributed by atoms with Crippen LogP contribution in [-0.2, 0) is 0 Å². The Labute approximate surface area is 162 Å². The number of nitrogens with one attached hydrogen (secondary N) is 2. The number of hydrogen-bond acceptors (Lipinski definition) is 4. The molecule has 1 atom stereocenters. The van der Waals surface area contributed by atoms with Crippen molar-refractivity contribution in [2.45, 2.75) is 39.2 Å². The van der Waals surface area contributed by atoms with E-state index in [1.54, 1.807) is 11.0 Å². The Kier molecular flexibility index (Phi) is 4.62. The van der Waals surface area contributed by atoms with E-state index < -0.39 is 5.91 Å². The number of aryl methyl sites for hydroxylation is 1. The molecule has 1 saturated heterocycles. The van der Waals surface area contributed by atoms with Gasteiger partial charge in [0.1, 0.15) is 5.82 Å². The van der Waals surface area contributed by atoms with Crippen LogP contribution < -0.4 is 15.8 Å². The van der Waals surface area contributed by atoms with Gasteiger partial charge in [-0.2, -0.15) is 0 Å². The molecule has 1 aromatic heterocycles. The molecule has 2 N–H and O–H groups in total. The van der Waals surface area contributed by atoms with Gasteiger partial charge in [0.15, 0.2) is 0 Å². The van der Waals surface area contributed by atoms with E-state index in [2.05, 4.69) is 15.3 Å². The second-order valence-corrected chi connectivity index (χ2v) is 7.21. The predicted octanol–water partition coefficient (Wildman–Crippen LogP) is 2.82. The lowest BCUT2D eigenvalue weighted by molar-refractivity contribution is 0.101. The first-order valence-corrected chi connectivity index (χ1v) is 9.60. The summed E-state index contributed by atoms with van der Waals surface area (Å²) in [6.45, 7) is 4.77. The Morgan fingerprint density at radius 3 is 2.89 bits per heavy atom. The van der Waals surface area contributed by atoms with Crippen molar-refractivity contribution in [3.8, 4) is 0 Å². The summed E-state index contributed by atoms with van der Waals surface area (Å²) in [6.07, 6.45) is 2.61.